The molecule has 0 spiro atoms. The van der Waals surface area contributed by atoms with Crippen LogP contribution in [0, 0.1) is 0 Å². The SMILES string of the molecule is CN=C(c1ccccc1)N1CCN(C/C=C/c2ccccc2)CC1. The van der Waals surface area contributed by atoms with Gasteiger partial charge in [-0.25, -0.2) is 0 Å². The zero-order valence-corrected chi connectivity index (χ0v) is 14.3. The second-order valence-corrected chi connectivity index (χ2v) is 6.01. The normalized spacial score (nSPS) is 16.7. The van der Waals surface area contributed by atoms with Crippen molar-refractivity contribution in [2.45, 2.75) is 0 Å². The van der Waals surface area contributed by atoms with Crippen LogP contribution in [0.3, 0.4) is 0 Å². The Morgan fingerprint density at radius 2 is 1.54 bits per heavy atom. The predicted molar refractivity (Wildman–Crippen MR) is 102 cm³/mol. The van der Waals surface area contributed by atoms with E-state index >= 15 is 0 Å². The Hall–Kier alpha value is -2.39. The second-order valence-electron chi connectivity index (χ2n) is 6.01. The van der Waals surface area contributed by atoms with Crippen LogP contribution in [0.1, 0.15) is 11.1 Å². The van der Waals surface area contributed by atoms with Gasteiger partial charge in [-0.1, -0.05) is 72.8 Å². The zero-order valence-electron chi connectivity index (χ0n) is 14.3. The molecule has 1 aliphatic heterocycles. The molecule has 1 saturated heterocycles. The second kappa shape index (κ2) is 8.46. The Morgan fingerprint density at radius 1 is 0.917 bits per heavy atom. The van der Waals surface area contributed by atoms with E-state index < -0.39 is 0 Å². The van der Waals surface area contributed by atoms with Gasteiger partial charge in [0.25, 0.3) is 0 Å². The number of rotatable bonds is 4. The highest BCUT2D eigenvalue weighted by atomic mass is 15.3. The van der Waals surface area contributed by atoms with Gasteiger partial charge in [0.1, 0.15) is 5.84 Å². The average Bonchev–Trinajstić information content (AvgIpc) is 2.65. The van der Waals surface area contributed by atoms with Gasteiger partial charge >= 0.3 is 0 Å². The Balaban J connectivity index is 1.51. The van der Waals surface area contributed by atoms with E-state index in [0.29, 0.717) is 0 Å². The van der Waals surface area contributed by atoms with Crippen molar-refractivity contribution in [2.24, 2.45) is 4.99 Å². The minimum Gasteiger partial charge on any atom is -0.354 e. The topological polar surface area (TPSA) is 18.8 Å². The van der Waals surface area contributed by atoms with Crippen molar-refractivity contribution in [1.82, 2.24) is 9.80 Å². The van der Waals surface area contributed by atoms with Gasteiger partial charge in [-0.05, 0) is 5.56 Å². The van der Waals surface area contributed by atoms with Crippen LogP contribution in [-0.2, 0) is 0 Å². The molecule has 0 amide bonds. The van der Waals surface area contributed by atoms with Crippen molar-refractivity contribution >= 4 is 11.9 Å². The highest BCUT2D eigenvalue weighted by Gasteiger charge is 2.19. The zero-order chi connectivity index (χ0) is 16.6. The van der Waals surface area contributed by atoms with Crippen LogP contribution >= 0.6 is 0 Å². The van der Waals surface area contributed by atoms with E-state index in [1.807, 2.05) is 13.1 Å². The summed E-state index contributed by atoms with van der Waals surface area (Å²) >= 11 is 0. The van der Waals surface area contributed by atoms with Crippen molar-refractivity contribution in [3.63, 3.8) is 0 Å². The van der Waals surface area contributed by atoms with E-state index in [9.17, 15) is 0 Å². The van der Waals surface area contributed by atoms with Gasteiger partial charge in [0, 0.05) is 45.3 Å². The van der Waals surface area contributed by atoms with E-state index in [2.05, 4.69) is 81.5 Å². The van der Waals surface area contributed by atoms with E-state index in [0.717, 1.165) is 38.6 Å². The lowest BCUT2D eigenvalue weighted by Gasteiger charge is -2.36. The van der Waals surface area contributed by atoms with Crippen molar-refractivity contribution in [3.05, 3.63) is 77.9 Å². The summed E-state index contributed by atoms with van der Waals surface area (Å²) in [6.07, 6.45) is 4.46. The molecule has 0 aromatic heterocycles. The first-order valence-corrected chi connectivity index (χ1v) is 8.58. The van der Waals surface area contributed by atoms with E-state index in [1.165, 1.54) is 11.1 Å². The van der Waals surface area contributed by atoms with Crippen LogP contribution in [0.2, 0.25) is 0 Å². The molecule has 24 heavy (non-hydrogen) atoms. The molecule has 0 bridgehead atoms. The number of benzene rings is 2. The van der Waals surface area contributed by atoms with E-state index in [4.69, 9.17) is 0 Å². The lowest BCUT2D eigenvalue weighted by atomic mass is 10.1. The summed E-state index contributed by atoms with van der Waals surface area (Å²) in [7, 11) is 1.89. The van der Waals surface area contributed by atoms with Gasteiger partial charge in [-0.2, -0.15) is 0 Å². The highest BCUT2D eigenvalue weighted by Crippen LogP contribution is 2.10. The summed E-state index contributed by atoms with van der Waals surface area (Å²) in [5, 5.41) is 0. The van der Waals surface area contributed by atoms with Crippen molar-refractivity contribution in [3.8, 4) is 0 Å². The van der Waals surface area contributed by atoms with Gasteiger partial charge in [-0.15, -0.1) is 0 Å². The quantitative estimate of drug-likeness (QED) is 0.635. The minimum absolute atomic E-state index is 1.01. The third-order valence-corrected chi connectivity index (χ3v) is 4.39. The first-order chi connectivity index (χ1) is 11.9. The Bertz CT molecular complexity index is 669. The molecule has 124 valence electrons. The lowest BCUT2D eigenvalue weighted by molar-refractivity contribution is 0.198. The Morgan fingerprint density at radius 3 is 2.17 bits per heavy atom. The van der Waals surface area contributed by atoms with Crippen molar-refractivity contribution < 1.29 is 0 Å². The van der Waals surface area contributed by atoms with Crippen molar-refractivity contribution in [1.29, 1.82) is 0 Å². The summed E-state index contributed by atoms with van der Waals surface area (Å²) in [6.45, 7) is 5.21. The average molecular weight is 319 g/mol. The maximum absolute atomic E-state index is 4.52. The fourth-order valence-electron chi connectivity index (χ4n) is 3.08. The van der Waals surface area contributed by atoms with Crippen LogP contribution in [0.15, 0.2) is 71.7 Å². The van der Waals surface area contributed by atoms with Gasteiger partial charge < -0.3 is 4.90 Å². The van der Waals surface area contributed by atoms with Crippen molar-refractivity contribution in [2.75, 3.05) is 39.8 Å². The maximum atomic E-state index is 4.52. The van der Waals surface area contributed by atoms with Gasteiger partial charge in [-0.3, -0.25) is 9.89 Å². The minimum atomic E-state index is 1.01. The largest absolute Gasteiger partial charge is 0.354 e. The number of hydrogen-bond donors (Lipinski definition) is 0. The predicted octanol–water partition coefficient (Wildman–Crippen LogP) is 3.39. The molecule has 0 saturated carbocycles. The van der Waals surface area contributed by atoms with Crippen LogP contribution < -0.4 is 0 Å². The smallest absolute Gasteiger partial charge is 0.130 e. The molecule has 1 aliphatic rings. The van der Waals surface area contributed by atoms with Gasteiger partial charge in [0.05, 0.1) is 0 Å². The maximum Gasteiger partial charge on any atom is 0.130 e. The number of aliphatic imine (C=N–C) groups is 1. The third kappa shape index (κ3) is 4.33. The summed E-state index contributed by atoms with van der Waals surface area (Å²) in [4.78, 5) is 9.41. The number of amidine groups is 1. The molecule has 0 aliphatic carbocycles. The first kappa shape index (κ1) is 16.5. The molecule has 1 fully saturated rings. The molecule has 0 unspecified atom stereocenters. The molecule has 0 radical (unpaired) electrons. The molecule has 0 N–H and O–H groups in total. The molecular formula is C21H25N3. The Labute approximate surface area is 144 Å². The number of nitrogens with zero attached hydrogens (tertiary/aromatic N) is 3. The van der Waals surface area contributed by atoms with Gasteiger partial charge in [0.15, 0.2) is 0 Å². The molecular weight excluding hydrogens is 294 g/mol. The standard InChI is InChI=1S/C21H25N3/c1-22-21(20-12-6-3-7-13-20)24-17-15-23(16-18-24)14-8-11-19-9-4-2-5-10-19/h2-13H,14-18H2,1H3/b11-8+,22-21?. The van der Waals surface area contributed by atoms with Crippen LogP contribution in [0.5, 0.6) is 0 Å². The fourth-order valence-corrected chi connectivity index (χ4v) is 3.08. The summed E-state index contributed by atoms with van der Waals surface area (Å²) in [6, 6.07) is 21.0. The number of piperazine rings is 1. The van der Waals surface area contributed by atoms with E-state index in [1.54, 1.807) is 0 Å². The third-order valence-electron chi connectivity index (χ3n) is 4.39. The monoisotopic (exact) mass is 319 g/mol. The molecule has 2 aromatic rings. The summed E-state index contributed by atoms with van der Waals surface area (Å²) < 4.78 is 0. The van der Waals surface area contributed by atoms with Gasteiger partial charge in [0.2, 0.25) is 0 Å². The van der Waals surface area contributed by atoms with Crippen LogP contribution in [0.25, 0.3) is 6.08 Å². The summed E-state index contributed by atoms with van der Waals surface area (Å²) in [5.74, 6) is 1.11. The molecule has 2 aromatic carbocycles. The molecule has 0 atom stereocenters. The van der Waals surface area contributed by atoms with E-state index in [-0.39, 0.29) is 0 Å². The molecule has 3 heteroatoms. The van der Waals surface area contributed by atoms with Crippen LogP contribution in [-0.4, -0.2) is 55.4 Å². The molecule has 1 heterocycles. The highest BCUT2D eigenvalue weighted by molar-refractivity contribution is 5.98. The fraction of sp³-hybridized carbons (Fsp3) is 0.286. The number of hydrogen-bond acceptors (Lipinski definition) is 2. The lowest BCUT2D eigenvalue weighted by Crippen LogP contribution is -2.48. The molecule has 3 rings (SSSR count). The summed E-state index contributed by atoms with van der Waals surface area (Å²) in [5.41, 5.74) is 2.47. The van der Waals surface area contributed by atoms with Crippen LogP contribution in [0.4, 0.5) is 0 Å². The Kier molecular flexibility index (Phi) is 5.80. The first-order valence-electron chi connectivity index (χ1n) is 8.58. The molecule has 3 nitrogen and oxygen atoms in total.